The fraction of sp³-hybridized carbons (Fsp3) is 0.364. The Kier molecular flexibility index (Phi) is 6.47. The molecule has 5 nitrogen and oxygen atoms in total. The summed E-state index contributed by atoms with van der Waals surface area (Å²) in [5.41, 5.74) is 1.51. The number of benzene rings is 2. The van der Waals surface area contributed by atoms with Crippen molar-refractivity contribution < 1.29 is 14.3 Å². The van der Waals surface area contributed by atoms with Crippen LogP contribution in [0.1, 0.15) is 53.3 Å². The molecule has 1 aliphatic heterocycles. The lowest BCUT2D eigenvalue weighted by atomic mass is 10.1. The zero-order valence-electron chi connectivity index (χ0n) is 15.7. The van der Waals surface area contributed by atoms with E-state index in [0.29, 0.717) is 29.2 Å². The largest absolute Gasteiger partial charge is 0.493 e. The minimum Gasteiger partial charge on any atom is -0.493 e. The Labute approximate surface area is 160 Å². The van der Waals surface area contributed by atoms with Crippen LogP contribution in [0.4, 0.5) is 5.69 Å². The van der Waals surface area contributed by atoms with Crippen molar-refractivity contribution in [2.75, 3.05) is 25.0 Å². The Balaban J connectivity index is 1.82. The number of carbonyl (C=O) groups excluding carboxylic acids is 2. The van der Waals surface area contributed by atoms with Gasteiger partial charge in [-0.1, -0.05) is 37.1 Å². The standard InChI is InChI=1S/C22H26N2O3/c1-2-27-20-14-8-6-12-18(20)21(25)23-19-13-7-5-11-17(19)22(26)24-15-9-3-4-10-16-24/h5-8,11-14H,2-4,9-10,15-16H2,1H3,(H,23,25). The Morgan fingerprint density at radius 1 is 0.926 bits per heavy atom. The van der Waals surface area contributed by atoms with E-state index in [4.69, 9.17) is 4.74 Å². The molecule has 0 saturated carbocycles. The summed E-state index contributed by atoms with van der Waals surface area (Å²) in [4.78, 5) is 27.7. The van der Waals surface area contributed by atoms with Crippen LogP contribution in [0.2, 0.25) is 0 Å². The van der Waals surface area contributed by atoms with Crippen LogP contribution in [0.5, 0.6) is 5.75 Å². The molecule has 2 aromatic rings. The first kappa shape index (κ1) is 19.0. The van der Waals surface area contributed by atoms with Crippen molar-refractivity contribution >= 4 is 17.5 Å². The second kappa shape index (κ2) is 9.21. The maximum atomic E-state index is 13.0. The van der Waals surface area contributed by atoms with Gasteiger partial charge in [-0.25, -0.2) is 0 Å². The van der Waals surface area contributed by atoms with E-state index < -0.39 is 0 Å². The summed E-state index contributed by atoms with van der Waals surface area (Å²) >= 11 is 0. The highest BCUT2D eigenvalue weighted by atomic mass is 16.5. The smallest absolute Gasteiger partial charge is 0.259 e. The van der Waals surface area contributed by atoms with Gasteiger partial charge in [0.25, 0.3) is 11.8 Å². The SMILES string of the molecule is CCOc1ccccc1C(=O)Nc1ccccc1C(=O)N1CCCCCC1. The Morgan fingerprint density at radius 2 is 1.56 bits per heavy atom. The Hall–Kier alpha value is -2.82. The molecule has 0 unspecified atom stereocenters. The highest BCUT2D eigenvalue weighted by Crippen LogP contribution is 2.23. The molecule has 1 saturated heterocycles. The third-order valence-corrected chi connectivity index (χ3v) is 4.73. The average molecular weight is 366 g/mol. The van der Waals surface area contributed by atoms with E-state index in [-0.39, 0.29) is 11.8 Å². The number of para-hydroxylation sites is 2. The van der Waals surface area contributed by atoms with Crippen LogP contribution in [0.25, 0.3) is 0 Å². The third kappa shape index (κ3) is 4.67. The number of nitrogens with zero attached hydrogens (tertiary/aromatic N) is 1. The number of amides is 2. The fourth-order valence-corrected chi connectivity index (χ4v) is 3.35. The maximum Gasteiger partial charge on any atom is 0.259 e. The Bertz CT molecular complexity index is 796. The minimum atomic E-state index is -0.282. The zero-order chi connectivity index (χ0) is 19.1. The molecule has 0 bridgehead atoms. The molecule has 0 spiro atoms. The van der Waals surface area contributed by atoms with Crippen LogP contribution in [0.3, 0.4) is 0 Å². The van der Waals surface area contributed by atoms with E-state index in [1.165, 1.54) is 0 Å². The van der Waals surface area contributed by atoms with E-state index in [1.54, 1.807) is 30.3 Å². The molecule has 2 aromatic carbocycles. The number of ether oxygens (including phenoxy) is 1. The van der Waals surface area contributed by atoms with Gasteiger partial charge >= 0.3 is 0 Å². The molecular weight excluding hydrogens is 340 g/mol. The summed E-state index contributed by atoms with van der Waals surface area (Å²) < 4.78 is 5.55. The molecule has 5 heteroatoms. The monoisotopic (exact) mass is 366 g/mol. The number of hydrogen-bond donors (Lipinski definition) is 1. The molecule has 2 amide bonds. The number of hydrogen-bond acceptors (Lipinski definition) is 3. The third-order valence-electron chi connectivity index (χ3n) is 4.73. The lowest BCUT2D eigenvalue weighted by molar-refractivity contribution is 0.0762. The summed E-state index contributed by atoms with van der Waals surface area (Å²) in [6.07, 6.45) is 4.39. The summed E-state index contributed by atoms with van der Waals surface area (Å²) in [6.45, 7) is 3.90. The van der Waals surface area contributed by atoms with Crippen LogP contribution >= 0.6 is 0 Å². The molecule has 0 aliphatic carbocycles. The van der Waals surface area contributed by atoms with Crippen LogP contribution in [0, 0.1) is 0 Å². The maximum absolute atomic E-state index is 13.0. The number of likely N-dealkylation sites (tertiary alicyclic amines) is 1. The minimum absolute atomic E-state index is 0.0223. The molecule has 1 N–H and O–H groups in total. The second-order valence-electron chi connectivity index (χ2n) is 6.64. The Morgan fingerprint density at radius 3 is 2.26 bits per heavy atom. The average Bonchev–Trinajstić information content (AvgIpc) is 2.98. The van der Waals surface area contributed by atoms with Crippen LogP contribution < -0.4 is 10.1 Å². The van der Waals surface area contributed by atoms with Crippen molar-refractivity contribution in [2.45, 2.75) is 32.6 Å². The number of nitrogens with one attached hydrogen (secondary N) is 1. The van der Waals surface area contributed by atoms with Gasteiger partial charge in [-0.15, -0.1) is 0 Å². The van der Waals surface area contributed by atoms with Crippen LogP contribution in [-0.4, -0.2) is 36.4 Å². The predicted molar refractivity (Wildman–Crippen MR) is 106 cm³/mol. The molecule has 1 aliphatic rings. The van der Waals surface area contributed by atoms with Crippen molar-refractivity contribution in [1.82, 2.24) is 4.90 Å². The van der Waals surface area contributed by atoms with Gasteiger partial charge in [-0.3, -0.25) is 9.59 Å². The zero-order valence-corrected chi connectivity index (χ0v) is 15.7. The van der Waals surface area contributed by atoms with E-state index >= 15 is 0 Å². The lowest BCUT2D eigenvalue weighted by Gasteiger charge is -2.22. The van der Waals surface area contributed by atoms with Crippen molar-refractivity contribution in [3.05, 3.63) is 59.7 Å². The van der Waals surface area contributed by atoms with Gasteiger partial charge in [-0.05, 0) is 44.0 Å². The van der Waals surface area contributed by atoms with Crippen molar-refractivity contribution in [1.29, 1.82) is 0 Å². The number of carbonyl (C=O) groups is 2. The summed E-state index contributed by atoms with van der Waals surface area (Å²) in [5, 5.41) is 2.89. The normalized spacial score (nSPS) is 14.3. The predicted octanol–water partition coefficient (Wildman–Crippen LogP) is 4.35. The second-order valence-corrected chi connectivity index (χ2v) is 6.64. The molecule has 0 aromatic heterocycles. The highest BCUT2D eigenvalue weighted by molar-refractivity contribution is 6.10. The van der Waals surface area contributed by atoms with Crippen LogP contribution in [-0.2, 0) is 0 Å². The van der Waals surface area contributed by atoms with Gasteiger partial charge < -0.3 is 15.0 Å². The first-order valence-corrected chi connectivity index (χ1v) is 9.62. The van der Waals surface area contributed by atoms with E-state index in [1.807, 2.05) is 30.0 Å². The van der Waals surface area contributed by atoms with Crippen molar-refractivity contribution in [3.8, 4) is 5.75 Å². The summed E-state index contributed by atoms with van der Waals surface area (Å²) in [6, 6.07) is 14.3. The van der Waals surface area contributed by atoms with Gasteiger partial charge in [0, 0.05) is 13.1 Å². The van der Waals surface area contributed by atoms with E-state index in [2.05, 4.69) is 5.32 Å². The van der Waals surface area contributed by atoms with Gasteiger partial charge in [-0.2, -0.15) is 0 Å². The first-order valence-electron chi connectivity index (χ1n) is 9.62. The van der Waals surface area contributed by atoms with Gasteiger partial charge in [0.15, 0.2) is 0 Å². The van der Waals surface area contributed by atoms with Gasteiger partial charge in [0.1, 0.15) is 5.75 Å². The number of anilines is 1. The van der Waals surface area contributed by atoms with E-state index in [0.717, 1.165) is 38.8 Å². The van der Waals surface area contributed by atoms with Crippen molar-refractivity contribution in [3.63, 3.8) is 0 Å². The topological polar surface area (TPSA) is 58.6 Å². The van der Waals surface area contributed by atoms with Gasteiger partial charge in [0.05, 0.1) is 23.4 Å². The molecule has 0 atom stereocenters. The van der Waals surface area contributed by atoms with E-state index in [9.17, 15) is 9.59 Å². The molecule has 1 heterocycles. The van der Waals surface area contributed by atoms with Crippen molar-refractivity contribution in [2.24, 2.45) is 0 Å². The fourth-order valence-electron chi connectivity index (χ4n) is 3.35. The lowest BCUT2D eigenvalue weighted by Crippen LogP contribution is -2.32. The molecule has 0 radical (unpaired) electrons. The van der Waals surface area contributed by atoms with Crippen LogP contribution in [0.15, 0.2) is 48.5 Å². The number of rotatable bonds is 5. The summed E-state index contributed by atoms with van der Waals surface area (Å²) in [5.74, 6) is 0.231. The molecule has 3 rings (SSSR count). The van der Waals surface area contributed by atoms with Gasteiger partial charge in [0.2, 0.25) is 0 Å². The molecular formula is C22H26N2O3. The quantitative estimate of drug-likeness (QED) is 0.856. The molecule has 27 heavy (non-hydrogen) atoms. The highest BCUT2D eigenvalue weighted by Gasteiger charge is 2.21. The summed E-state index contributed by atoms with van der Waals surface area (Å²) in [7, 11) is 0. The molecule has 142 valence electrons. The first-order chi connectivity index (χ1) is 13.2. The molecule has 1 fully saturated rings.